The first-order valence-electron chi connectivity index (χ1n) is 6.40. The van der Waals surface area contributed by atoms with E-state index < -0.39 is 22.3 Å². The Hall–Kier alpha value is -2.22. The van der Waals surface area contributed by atoms with Gasteiger partial charge in [0.25, 0.3) is 11.6 Å². The Balaban J connectivity index is 3.25. The summed E-state index contributed by atoms with van der Waals surface area (Å²) in [6.45, 7) is 2.73. The third kappa shape index (κ3) is 3.88. The van der Waals surface area contributed by atoms with Crippen molar-refractivity contribution in [2.45, 2.75) is 6.92 Å². The minimum atomic E-state index is -0.777. The number of nitro groups is 1. The lowest BCUT2D eigenvalue weighted by atomic mass is 10.1. The van der Waals surface area contributed by atoms with Gasteiger partial charge in [-0.05, 0) is 13.0 Å². The summed E-state index contributed by atoms with van der Waals surface area (Å²) in [7, 11) is 2.97. The second kappa shape index (κ2) is 7.53. The highest BCUT2D eigenvalue weighted by atomic mass is 19.1. The molecule has 0 aliphatic heterocycles. The third-order valence-corrected chi connectivity index (χ3v) is 3.02. The first kappa shape index (κ1) is 16.8. The molecule has 116 valence electrons. The van der Waals surface area contributed by atoms with E-state index in [0.717, 1.165) is 12.1 Å². The van der Waals surface area contributed by atoms with Crippen LogP contribution in [0.25, 0.3) is 0 Å². The molecule has 0 fully saturated rings. The lowest BCUT2D eigenvalue weighted by Crippen LogP contribution is -2.34. The summed E-state index contributed by atoms with van der Waals surface area (Å²) in [6, 6.07) is 1.91. The summed E-state index contributed by atoms with van der Waals surface area (Å²) < 4.78 is 18.5. The van der Waals surface area contributed by atoms with Gasteiger partial charge in [0.2, 0.25) is 0 Å². The number of hydrogen-bond donors (Lipinski definition) is 1. The highest BCUT2D eigenvalue weighted by Gasteiger charge is 2.26. The van der Waals surface area contributed by atoms with Crippen LogP contribution >= 0.6 is 0 Å². The van der Waals surface area contributed by atoms with Crippen molar-refractivity contribution in [1.29, 1.82) is 0 Å². The molecule has 0 unspecified atom stereocenters. The van der Waals surface area contributed by atoms with Crippen molar-refractivity contribution in [3.8, 4) is 0 Å². The van der Waals surface area contributed by atoms with Crippen LogP contribution < -0.4 is 5.32 Å². The SMILES string of the molecule is CCN(CCOC)C(=O)c1cc(NC)c(F)cc1[N+](=O)[O-]. The Morgan fingerprint density at radius 3 is 2.67 bits per heavy atom. The maximum Gasteiger partial charge on any atom is 0.285 e. The lowest BCUT2D eigenvalue weighted by Gasteiger charge is -2.20. The highest BCUT2D eigenvalue weighted by molar-refractivity contribution is 5.99. The zero-order valence-corrected chi connectivity index (χ0v) is 12.2. The normalized spacial score (nSPS) is 10.3. The molecule has 0 heterocycles. The third-order valence-electron chi connectivity index (χ3n) is 3.02. The van der Waals surface area contributed by atoms with Gasteiger partial charge in [-0.3, -0.25) is 14.9 Å². The summed E-state index contributed by atoms with van der Waals surface area (Å²) >= 11 is 0. The van der Waals surface area contributed by atoms with Gasteiger partial charge in [-0.25, -0.2) is 4.39 Å². The van der Waals surface area contributed by atoms with Crippen molar-refractivity contribution in [2.24, 2.45) is 0 Å². The van der Waals surface area contributed by atoms with E-state index in [1.54, 1.807) is 6.92 Å². The van der Waals surface area contributed by atoms with E-state index >= 15 is 0 Å². The minimum Gasteiger partial charge on any atom is -0.386 e. The number of methoxy groups -OCH3 is 1. The fourth-order valence-electron chi connectivity index (χ4n) is 1.85. The Kier molecular flexibility index (Phi) is 6.04. The van der Waals surface area contributed by atoms with Crippen LogP contribution in [0, 0.1) is 15.9 Å². The van der Waals surface area contributed by atoms with Gasteiger partial charge in [0.1, 0.15) is 5.56 Å². The van der Waals surface area contributed by atoms with E-state index in [9.17, 15) is 19.3 Å². The van der Waals surface area contributed by atoms with Crippen LogP contribution in [0.4, 0.5) is 15.8 Å². The van der Waals surface area contributed by atoms with Gasteiger partial charge in [0, 0.05) is 27.2 Å². The predicted molar refractivity (Wildman–Crippen MR) is 76.1 cm³/mol. The van der Waals surface area contributed by atoms with Gasteiger partial charge >= 0.3 is 0 Å². The van der Waals surface area contributed by atoms with Crippen molar-refractivity contribution in [2.75, 3.05) is 39.2 Å². The summed E-state index contributed by atoms with van der Waals surface area (Å²) in [5.41, 5.74) is -0.664. The first-order chi connectivity index (χ1) is 9.96. The van der Waals surface area contributed by atoms with Gasteiger partial charge in [-0.1, -0.05) is 0 Å². The van der Waals surface area contributed by atoms with Crippen molar-refractivity contribution < 1.29 is 18.8 Å². The number of nitro benzene ring substituents is 1. The molecule has 1 aromatic carbocycles. The van der Waals surface area contributed by atoms with E-state index in [-0.39, 0.29) is 11.3 Å². The average Bonchev–Trinajstić information content (AvgIpc) is 2.47. The quantitative estimate of drug-likeness (QED) is 0.614. The molecule has 0 aliphatic rings. The predicted octanol–water partition coefficient (Wildman–Crippen LogP) is 1.88. The van der Waals surface area contributed by atoms with Crippen LogP contribution in [0.3, 0.4) is 0 Å². The summed E-state index contributed by atoms with van der Waals surface area (Å²) in [4.78, 5) is 24.1. The van der Waals surface area contributed by atoms with Gasteiger partial charge in [0.15, 0.2) is 5.82 Å². The number of carbonyl (C=O) groups is 1. The fraction of sp³-hybridized carbons (Fsp3) is 0.462. The zero-order chi connectivity index (χ0) is 16.0. The van der Waals surface area contributed by atoms with Gasteiger partial charge < -0.3 is 15.0 Å². The summed E-state index contributed by atoms with van der Waals surface area (Å²) in [5.74, 6) is -1.31. The maximum atomic E-state index is 13.6. The molecule has 1 amide bonds. The molecule has 21 heavy (non-hydrogen) atoms. The number of carbonyl (C=O) groups excluding carboxylic acids is 1. The molecule has 0 radical (unpaired) electrons. The van der Waals surface area contributed by atoms with Crippen LogP contribution in [-0.4, -0.2) is 49.6 Å². The van der Waals surface area contributed by atoms with Gasteiger partial charge in [-0.2, -0.15) is 0 Å². The Morgan fingerprint density at radius 1 is 1.52 bits per heavy atom. The highest BCUT2D eigenvalue weighted by Crippen LogP contribution is 2.27. The molecule has 1 rings (SSSR count). The first-order valence-corrected chi connectivity index (χ1v) is 6.40. The minimum absolute atomic E-state index is 0.0340. The second-order valence-corrected chi connectivity index (χ2v) is 4.23. The molecule has 0 saturated carbocycles. The number of likely N-dealkylation sites (N-methyl/N-ethyl adjacent to an activating group) is 1. The van der Waals surface area contributed by atoms with E-state index in [1.807, 2.05) is 0 Å². The van der Waals surface area contributed by atoms with Gasteiger partial charge in [0.05, 0.1) is 23.3 Å². The molecular weight excluding hydrogens is 281 g/mol. The molecule has 0 bridgehead atoms. The van der Waals surface area contributed by atoms with Crippen molar-refractivity contribution in [1.82, 2.24) is 4.90 Å². The maximum absolute atomic E-state index is 13.6. The molecule has 0 aliphatic carbocycles. The van der Waals surface area contributed by atoms with Crippen LogP contribution in [0.5, 0.6) is 0 Å². The van der Waals surface area contributed by atoms with Crippen LogP contribution in [0.1, 0.15) is 17.3 Å². The number of rotatable bonds is 7. The number of hydrogen-bond acceptors (Lipinski definition) is 5. The number of anilines is 1. The number of nitrogens with one attached hydrogen (secondary N) is 1. The average molecular weight is 299 g/mol. The van der Waals surface area contributed by atoms with E-state index in [4.69, 9.17) is 4.74 Å². The Labute approximate surface area is 121 Å². The van der Waals surface area contributed by atoms with Crippen LogP contribution in [-0.2, 0) is 4.74 Å². The van der Waals surface area contributed by atoms with Crippen LogP contribution in [0.2, 0.25) is 0 Å². The topological polar surface area (TPSA) is 84.7 Å². The van der Waals surface area contributed by atoms with Gasteiger partial charge in [-0.15, -0.1) is 0 Å². The number of ether oxygens (including phenoxy) is 1. The van der Waals surface area contributed by atoms with Crippen molar-refractivity contribution >= 4 is 17.3 Å². The molecule has 7 nitrogen and oxygen atoms in total. The molecule has 0 aromatic heterocycles. The van der Waals surface area contributed by atoms with E-state index in [1.165, 1.54) is 19.1 Å². The van der Waals surface area contributed by atoms with E-state index in [2.05, 4.69) is 5.32 Å². The molecule has 0 spiro atoms. The number of halogens is 1. The summed E-state index contributed by atoms with van der Waals surface area (Å²) in [6.07, 6.45) is 0. The number of nitrogens with zero attached hydrogens (tertiary/aromatic N) is 2. The largest absolute Gasteiger partial charge is 0.386 e. The fourth-order valence-corrected chi connectivity index (χ4v) is 1.85. The molecule has 1 N–H and O–H groups in total. The lowest BCUT2D eigenvalue weighted by molar-refractivity contribution is -0.385. The molecule has 0 saturated heterocycles. The van der Waals surface area contributed by atoms with Crippen molar-refractivity contribution in [3.63, 3.8) is 0 Å². The molecule has 8 heteroatoms. The smallest absolute Gasteiger partial charge is 0.285 e. The Bertz CT molecular complexity index is 536. The monoisotopic (exact) mass is 299 g/mol. The van der Waals surface area contributed by atoms with Crippen molar-refractivity contribution in [3.05, 3.63) is 33.6 Å². The molecular formula is C13H18FN3O4. The second-order valence-electron chi connectivity index (χ2n) is 4.23. The zero-order valence-electron chi connectivity index (χ0n) is 12.2. The number of benzene rings is 1. The summed E-state index contributed by atoms with van der Waals surface area (Å²) in [5, 5.41) is 13.6. The van der Waals surface area contributed by atoms with Crippen LogP contribution in [0.15, 0.2) is 12.1 Å². The standard InChI is InChI=1S/C13H18FN3O4/c1-4-16(5-6-21-3)13(18)9-7-11(15-2)10(14)8-12(9)17(19)20/h7-8,15H,4-6H2,1-3H3. The molecule has 0 atom stereocenters. The molecule has 1 aromatic rings. The van der Waals surface area contributed by atoms with E-state index in [0.29, 0.717) is 19.7 Å². The Morgan fingerprint density at radius 2 is 2.19 bits per heavy atom. The number of amides is 1.